The van der Waals surface area contributed by atoms with Crippen molar-refractivity contribution in [1.82, 2.24) is 24.9 Å². The molecule has 1 aliphatic heterocycles. The lowest BCUT2D eigenvalue weighted by atomic mass is 10.1. The molecule has 7 nitrogen and oxygen atoms in total. The zero-order chi connectivity index (χ0) is 21.3. The fourth-order valence-corrected chi connectivity index (χ4v) is 3.68. The Morgan fingerprint density at radius 2 is 2.07 bits per heavy atom. The Kier molecular flexibility index (Phi) is 5.42. The molecule has 0 aliphatic carbocycles. The number of nitrogens with one attached hydrogen (secondary N) is 1. The third kappa shape index (κ3) is 4.59. The van der Waals surface area contributed by atoms with E-state index in [9.17, 15) is 18.0 Å². The SMILES string of the molecule is Cn1nncc1-c1ccc2cnc(NC(=O)[C@H]3CCN(CCC(F)(F)F)C3)cc2c1. The van der Waals surface area contributed by atoms with E-state index in [0.717, 1.165) is 22.0 Å². The van der Waals surface area contributed by atoms with E-state index >= 15 is 0 Å². The van der Waals surface area contributed by atoms with Gasteiger partial charge in [0.25, 0.3) is 0 Å². The van der Waals surface area contributed by atoms with Gasteiger partial charge in [-0.15, -0.1) is 5.10 Å². The van der Waals surface area contributed by atoms with Crippen LogP contribution in [0.15, 0.2) is 36.7 Å². The molecule has 0 unspecified atom stereocenters. The van der Waals surface area contributed by atoms with Gasteiger partial charge in [0.1, 0.15) is 5.82 Å². The zero-order valence-corrected chi connectivity index (χ0v) is 16.4. The van der Waals surface area contributed by atoms with Crippen LogP contribution in [0.25, 0.3) is 22.0 Å². The van der Waals surface area contributed by atoms with Crippen LogP contribution in [0.1, 0.15) is 12.8 Å². The molecule has 1 atom stereocenters. The maximum Gasteiger partial charge on any atom is 0.390 e. The summed E-state index contributed by atoms with van der Waals surface area (Å²) in [7, 11) is 1.81. The molecule has 1 saturated heterocycles. The predicted molar refractivity (Wildman–Crippen MR) is 106 cm³/mol. The topological polar surface area (TPSA) is 75.9 Å². The number of alkyl halides is 3. The number of aromatic nitrogens is 4. The van der Waals surface area contributed by atoms with E-state index in [1.165, 1.54) is 0 Å². The highest BCUT2D eigenvalue weighted by Crippen LogP contribution is 2.26. The first-order chi connectivity index (χ1) is 14.3. The molecule has 158 valence electrons. The monoisotopic (exact) mass is 418 g/mol. The van der Waals surface area contributed by atoms with Crippen LogP contribution in [0.5, 0.6) is 0 Å². The van der Waals surface area contributed by atoms with Gasteiger partial charge in [-0.1, -0.05) is 17.3 Å². The van der Waals surface area contributed by atoms with Gasteiger partial charge in [0, 0.05) is 37.3 Å². The molecule has 1 aromatic carbocycles. The van der Waals surface area contributed by atoms with Crippen LogP contribution in [0, 0.1) is 5.92 Å². The summed E-state index contributed by atoms with van der Waals surface area (Å²) < 4.78 is 38.9. The highest BCUT2D eigenvalue weighted by molar-refractivity contribution is 5.95. The Hall–Kier alpha value is -3.01. The van der Waals surface area contributed by atoms with Crippen molar-refractivity contribution in [2.75, 3.05) is 25.0 Å². The predicted octanol–water partition coefficient (Wildman–Crippen LogP) is 3.24. The number of amides is 1. The molecule has 4 rings (SSSR count). The van der Waals surface area contributed by atoms with Crippen molar-refractivity contribution >= 4 is 22.5 Å². The van der Waals surface area contributed by atoms with Crippen LogP contribution in [0.4, 0.5) is 19.0 Å². The number of benzene rings is 1. The molecule has 10 heteroatoms. The summed E-state index contributed by atoms with van der Waals surface area (Å²) in [5.74, 6) is -0.146. The number of fused-ring (bicyclic) bond motifs is 1. The van der Waals surface area contributed by atoms with E-state index < -0.39 is 12.6 Å². The van der Waals surface area contributed by atoms with Gasteiger partial charge in [0.2, 0.25) is 5.91 Å². The summed E-state index contributed by atoms with van der Waals surface area (Å²) in [6.07, 6.45) is -1.15. The average Bonchev–Trinajstić information content (AvgIpc) is 3.34. The number of hydrogen-bond donors (Lipinski definition) is 1. The molecule has 1 amide bonds. The van der Waals surface area contributed by atoms with Crippen LogP contribution >= 0.6 is 0 Å². The van der Waals surface area contributed by atoms with E-state index in [1.807, 2.05) is 25.2 Å². The van der Waals surface area contributed by atoms with Gasteiger partial charge in [0.15, 0.2) is 0 Å². The summed E-state index contributed by atoms with van der Waals surface area (Å²) >= 11 is 0. The van der Waals surface area contributed by atoms with Crippen molar-refractivity contribution in [3.8, 4) is 11.3 Å². The van der Waals surface area contributed by atoms with Crippen molar-refractivity contribution in [3.05, 3.63) is 36.7 Å². The van der Waals surface area contributed by atoms with Gasteiger partial charge in [0.05, 0.1) is 24.2 Å². The number of carbonyl (C=O) groups is 1. The molecule has 0 radical (unpaired) electrons. The first-order valence-corrected chi connectivity index (χ1v) is 9.63. The Balaban J connectivity index is 1.43. The normalized spacial score (nSPS) is 17.5. The Morgan fingerprint density at radius 1 is 1.23 bits per heavy atom. The zero-order valence-electron chi connectivity index (χ0n) is 16.4. The van der Waals surface area contributed by atoms with E-state index in [1.54, 1.807) is 28.0 Å². The molecule has 0 bridgehead atoms. The Bertz CT molecular complexity index is 1060. The maximum atomic E-state index is 12.6. The van der Waals surface area contributed by atoms with Gasteiger partial charge >= 0.3 is 6.18 Å². The number of likely N-dealkylation sites (tertiary alicyclic amines) is 1. The van der Waals surface area contributed by atoms with Crippen molar-refractivity contribution in [3.63, 3.8) is 0 Å². The van der Waals surface area contributed by atoms with E-state index in [2.05, 4.69) is 20.6 Å². The minimum Gasteiger partial charge on any atom is -0.310 e. The number of carbonyl (C=O) groups excluding carboxylic acids is 1. The molecule has 0 saturated carbocycles. The number of anilines is 1. The molecule has 30 heavy (non-hydrogen) atoms. The molecule has 2 aromatic heterocycles. The summed E-state index contributed by atoms with van der Waals surface area (Å²) in [5.41, 5.74) is 1.80. The van der Waals surface area contributed by atoms with Crippen LogP contribution < -0.4 is 5.32 Å². The number of rotatable bonds is 5. The molecule has 3 heterocycles. The van der Waals surface area contributed by atoms with Gasteiger partial charge in [-0.25, -0.2) is 9.67 Å². The lowest BCUT2D eigenvalue weighted by Gasteiger charge is -2.17. The summed E-state index contributed by atoms with van der Waals surface area (Å²) in [5, 5.41) is 12.5. The number of halogens is 3. The first kappa shape index (κ1) is 20.3. The largest absolute Gasteiger partial charge is 0.390 e. The standard InChI is InChI=1S/C20H21F3N6O/c1-28-17(11-25-27-28)13-2-3-14-10-24-18(9-16(14)8-13)26-19(30)15-4-6-29(12-15)7-5-20(21,22)23/h2-3,8-11,15H,4-7,12H2,1H3,(H,24,26,30)/t15-/m0/s1. The van der Waals surface area contributed by atoms with Crippen LogP contribution in [-0.4, -0.2) is 56.6 Å². The smallest absolute Gasteiger partial charge is 0.310 e. The first-order valence-electron chi connectivity index (χ1n) is 9.63. The van der Waals surface area contributed by atoms with Crippen LogP contribution in [0.2, 0.25) is 0 Å². The van der Waals surface area contributed by atoms with Gasteiger partial charge < -0.3 is 10.2 Å². The third-order valence-electron chi connectivity index (χ3n) is 5.34. The molecular formula is C20H21F3N6O. The molecule has 1 N–H and O–H groups in total. The minimum atomic E-state index is -4.18. The quantitative estimate of drug-likeness (QED) is 0.689. The Labute approximate surface area is 170 Å². The van der Waals surface area contributed by atoms with Crippen molar-refractivity contribution in [2.24, 2.45) is 13.0 Å². The van der Waals surface area contributed by atoms with Crippen molar-refractivity contribution in [2.45, 2.75) is 19.0 Å². The molecule has 3 aromatic rings. The summed E-state index contributed by atoms with van der Waals surface area (Å²) in [6.45, 7) is 0.738. The molecular weight excluding hydrogens is 397 g/mol. The lowest BCUT2D eigenvalue weighted by Crippen LogP contribution is -2.29. The fraction of sp³-hybridized carbons (Fsp3) is 0.400. The second-order valence-electron chi connectivity index (χ2n) is 7.51. The summed E-state index contributed by atoms with van der Waals surface area (Å²) in [6, 6.07) is 7.65. The lowest BCUT2D eigenvalue weighted by molar-refractivity contribution is -0.137. The number of pyridine rings is 1. The van der Waals surface area contributed by atoms with Gasteiger partial charge in [-0.05, 0) is 30.5 Å². The Morgan fingerprint density at radius 3 is 2.80 bits per heavy atom. The second kappa shape index (κ2) is 8.02. The number of hydrogen-bond acceptors (Lipinski definition) is 5. The third-order valence-corrected chi connectivity index (χ3v) is 5.34. The number of aryl methyl sites for hydroxylation is 1. The van der Waals surface area contributed by atoms with E-state index in [4.69, 9.17) is 0 Å². The molecule has 0 spiro atoms. The number of nitrogens with zero attached hydrogens (tertiary/aromatic N) is 5. The van der Waals surface area contributed by atoms with Crippen molar-refractivity contribution < 1.29 is 18.0 Å². The summed E-state index contributed by atoms with van der Waals surface area (Å²) in [4.78, 5) is 18.5. The van der Waals surface area contributed by atoms with Gasteiger partial charge in [-0.2, -0.15) is 13.2 Å². The average molecular weight is 418 g/mol. The van der Waals surface area contributed by atoms with Gasteiger partial charge in [-0.3, -0.25) is 4.79 Å². The van der Waals surface area contributed by atoms with Crippen molar-refractivity contribution in [1.29, 1.82) is 0 Å². The second-order valence-corrected chi connectivity index (χ2v) is 7.51. The van der Waals surface area contributed by atoms with E-state index in [-0.39, 0.29) is 18.4 Å². The minimum absolute atomic E-state index is 0.0762. The molecule has 1 fully saturated rings. The maximum absolute atomic E-state index is 12.6. The van der Waals surface area contributed by atoms with Crippen LogP contribution in [0.3, 0.4) is 0 Å². The fourth-order valence-electron chi connectivity index (χ4n) is 3.68. The van der Waals surface area contributed by atoms with E-state index in [0.29, 0.717) is 25.3 Å². The molecule has 1 aliphatic rings. The van der Waals surface area contributed by atoms with Crippen LogP contribution in [-0.2, 0) is 11.8 Å². The highest BCUT2D eigenvalue weighted by Gasteiger charge is 2.32. The highest BCUT2D eigenvalue weighted by atomic mass is 19.4.